The number of pyridine rings is 1. The second-order valence-electron chi connectivity index (χ2n) is 9.70. The maximum Gasteiger partial charge on any atom is 0.268 e. The topological polar surface area (TPSA) is 64.0 Å². The Morgan fingerprint density at radius 3 is 2.26 bits per heavy atom. The molecule has 0 atom stereocenters. The van der Waals surface area contributed by atoms with Crippen LogP contribution in [0.2, 0.25) is 0 Å². The van der Waals surface area contributed by atoms with Crippen LogP contribution in [-0.2, 0) is 23.0 Å². The Bertz CT molecular complexity index is 1490. The highest BCUT2D eigenvalue weighted by molar-refractivity contribution is 7.90. The van der Waals surface area contributed by atoms with Crippen LogP contribution in [0.25, 0.3) is 22.2 Å². The quantitative estimate of drug-likeness (QED) is 0.417. The van der Waals surface area contributed by atoms with Crippen LogP contribution >= 0.6 is 0 Å². The summed E-state index contributed by atoms with van der Waals surface area (Å²) in [5, 5.41) is 4.46. The zero-order valence-electron chi connectivity index (χ0n) is 20.4. The van der Waals surface area contributed by atoms with Crippen molar-refractivity contribution in [3.05, 3.63) is 82.2 Å². The fourth-order valence-electron chi connectivity index (χ4n) is 5.15. The SMILES string of the molecule is Cc1ccc(S(=O)(=O)n2c(-c3cc(C)nc(C)c3)c(C(C)C)c3cc4c(cc32)CCNC4)cc1. The zero-order valence-corrected chi connectivity index (χ0v) is 21.3. The molecule has 5 rings (SSSR count). The molecule has 34 heavy (non-hydrogen) atoms. The third kappa shape index (κ3) is 3.75. The van der Waals surface area contributed by atoms with Crippen molar-refractivity contribution < 1.29 is 8.42 Å². The van der Waals surface area contributed by atoms with Crippen molar-refractivity contribution in [2.45, 2.75) is 58.4 Å². The van der Waals surface area contributed by atoms with Crippen LogP contribution in [-0.4, -0.2) is 23.9 Å². The minimum atomic E-state index is -3.85. The molecule has 0 spiro atoms. The molecule has 0 bridgehead atoms. The van der Waals surface area contributed by atoms with Gasteiger partial charge in [-0.05, 0) is 92.7 Å². The van der Waals surface area contributed by atoms with Crippen LogP contribution in [0.1, 0.15) is 53.4 Å². The molecule has 1 aliphatic rings. The summed E-state index contributed by atoms with van der Waals surface area (Å²) >= 11 is 0. The number of fused-ring (bicyclic) bond motifs is 2. The van der Waals surface area contributed by atoms with E-state index in [0.29, 0.717) is 4.90 Å². The Morgan fingerprint density at radius 2 is 1.62 bits per heavy atom. The zero-order chi connectivity index (χ0) is 24.2. The first-order valence-corrected chi connectivity index (χ1v) is 13.3. The molecule has 176 valence electrons. The molecule has 4 aromatic rings. The first kappa shape index (κ1) is 22.8. The van der Waals surface area contributed by atoms with E-state index in [2.05, 4.69) is 36.3 Å². The van der Waals surface area contributed by atoms with Crippen molar-refractivity contribution in [2.75, 3.05) is 6.54 Å². The Morgan fingerprint density at radius 1 is 0.941 bits per heavy atom. The number of benzene rings is 2. The molecule has 1 N–H and O–H groups in total. The first-order valence-electron chi connectivity index (χ1n) is 11.9. The van der Waals surface area contributed by atoms with Gasteiger partial charge in [0.15, 0.2) is 0 Å². The largest absolute Gasteiger partial charge is 0.312 e. The van der Waals surface area contributed by atoms with Gasteiger partial charge in [0.1, 0.15) is 0 Å². The lowest BCUT2D eigenvalue weighted by atomic mass is 9.93. The first-order chi connectivity index (χ1) is 16.2. The molecule has 0 fully saturated rings. The summed E-state index contributed by atoms with van der Waals surface area (Å²) in [7, 11) is -3.85. The lowest BCUT2D eigenvalue weighted by Gasteiger charge is -2.18. The lowest BCUT2D eigenvalue weighted by molar-refractivity contribution is 0.589. The second-order valence-corrected chi connectivity index (χ2v) is 11.5. The molecule has 2 aromatic carbocycles. The van der Waals surface area contributed by atoms with Crippen LogP contribution in [0.15, 0.2) is 53.4 Å². The van der Waals surface area contributed by atoms with E-state index < -0.39 is 10.0 Å². The average molecular weight is 474 g/mol. The van der Waals surface area contributed by atoms with Gasteiger partial charge in [-0.3, -0.25) is 4.98 Å². The van der Waals surface area contributed by atoms with Crippen molar-refractivity contribution in [3.8, 4) is 11.3 Å². The number of nitrogens with one attached hydrogen (secondary N) is 1. The second kappa shape index (κ2) is 8.36. The van der Waals surface area contributed by atoms with Crippen molar-refractivity contribution >= 4 is 20.9 Å². The van der Waals surface area contributed by atoms with E-state index in [-0.39, 0.29) is 5.92 Å². The predicted octanol–water partition coefficient (Wildman–Crippen LogP) is 5.63. The highest BCUT2D eigenvalue weighted by Gasteiger charge is 2.30. The smallest absolute Gasteiger partial charge is 0.268 e. The number of aromatic nitrogens is 2. The summed E-state index contributed by atoms with van der Waals surface area (Å²) in [5.41, 5.74) is 8.69. The van der Waals surface area contributed by atoms with E-state index in [4.69, 9.17) is 0 Å². The van der Waals surface area contributed by atoms with Crippen LogP contribution in [0.4, 0.5) is 0 Å². The van der Waals surface area contributed by atoms with Crippen molar-refractivity contribution in [2.24, 2.45) is 0 Å². The van der Waals surface area contributed by atoms with E-state index in [1.54, 1.807) is 16.1 Å². The number of aryl methyl sites for hydroxylation is 3. The predicted molar refractivity (Wildman–Crippen MR) is 138 cm³/mol. The Kier molecular flexibility index (Phi) is 5.61. The number of rotatable bonds is 4. The van der Waals surface area contributed by atoms with Gasteiger partial charge < -0.3 is 5.32 Å². The molecule has 0 saturated heterocycles. The summed E-state index contributed by atoms with van der Waals surface area (Å²) < 4.78 is 30.1. The summed E-state index contributed by atoms with van der Waals surface area (Å²) in [6.45, 7) is 11.9. The molecule has 5 nitrogen and oxygen atoms in total. The molecule has 1 aliphatic heterocycles. The third-order valence-electron chi connectivity index (χ3n) is 6.66. The molecule has 0 unspecified atom stereocenters. The average Bonchev–Trinajstić information content (AvgIpc) is 3.12. The summed E-state index contributed by atoms with van der Waals surface area (Å²) in [6.07, 6.45) is 0.890. The van der Waals surface area contributed by atoms with E-state index in [1.165, 1.54) is 11.1 Å². The Hall–Kier alpha value is -2.96. The maximum atomic E-state index is 14.3. The molecular weight excluding hydrogens is 442 g/mol. The van der Waals surface area contributed by atoms with Crippen molar-refractivity contribution in [1.82, 2.24) is 14.3 Å². The molecule has 0 radical (unpaired) electrons. The van der Waals surface area contributed by atoms with Gasteiger partial charge in [-0.1, -0.05) is 31.5 Å². The van der Waals surface area contributed by atoms with Gasteiger partial charge in [-0.15, -0.1) is 0 Å². The Balaban J connectivity index is 1.95. The fraction of sp³-hybridized carbons (Fsp3) is 0.321. The highest BCUT2D eigenvalue weighted by Crippen LogP contribution is 2.42. The number of hydrogen-bond donors (Lipinski definition) is 1. The van der Waals surface area contributed by atoms with Gasteiger partial charge in [-0.2, -0.15) is 0 Å². The fourth-order valence-corrected chi connectivity index (χ4v) is 6.70. The van der Waals surface area contributed by atoms with Crippen molar-refractivity contribution in [3.63, 3.8) is 0 Å². The molecule has 2 aromatic heterocycles. The van der Waals surface area contributed by atoms with E-state index in [1.807, 2.05) is 45.0 Å². The maximum absolute atomic E-state index is 14.3. The minimum Gasteiger partial charge on any atom is -0.312 e. The molecule has 6 heteroatoms. The lowest BCUT2D eigenvalue weighted by Crippen LogP contribution is -2.23. The summed E-state index contributed by atoms with van der Waals surface area (Å²) in [5.74, 6) is 0.135. The molecule has 0 saturated carbocycles. The van der Waals surface area contributed by atoms with E-state index in [0.717, 1.165) is 64.2 Å². The molecule has 0 aliphatic carbocycles. The van der Waals surface area contributed by atoms with Crippen LogP contribution < -0.4 is 5.32 Å². The normalized spacial score (nSPS) is 14.1. The van der Waals surface area contributed by atoms with Crippen LogP contribution in [0.5, 0.6) is 0 Å². The summed E-state index contributed by atoms with van der Waals surface area (Å²) in [6, 6.07) is 15.4. The Labute approximate surface area is 201 Å². The minimum absolute atomic E-state index is 0.135. The van der Waals surface area contributed by atoms with Crippen molar-refractivity contribution in [1.29, 1.82) is 0 Å². The standard InChI is InChI=1S/C28H31N3O2S/c1-17(2)27-25-14-23-16-29-11-10-21(23)15-26(25)31(28(27)22-12-19(4)30-20(5)13-22)34(32,33)24-8-6-18(3)7-9-24/h6-9,12-15,17,29H,10-11,16H2,1-5H3. The summed E-state index contributed by atoms with van der Waals surface area (Å²) in [4.78, 5) is 4.84. The van der Waals surface area contributed by atoms with Gasteiger partial charge >= 0.3 is 0 Å². The number of nitrogens with zero attached hydrogens (tertiary/aromatic N) is 2. The van der Waals surface area contributed by atoms with Crippen LogP contribution in [0, 0.1) is 20.8 Å². The van der Waals surface area contributed by atoms with Gasteiger partial charge in [0.25, 0.3) is 10.0 Å². The van der Waals surface area contributed by atoms with Gasteiger partial charge in [0.2, 0.25) is 0 Å². The molecule has 3 heterocycles. The third-order valence-corrected chi connectivity index (χ3v) is 8.39. The molecular formula is C28H31N3O2S. The highest BCUT2D eigenvalue weighted by atomic mass is 32.2. The number of hydrogen-bond acceptors (Lipinski definition) is 4. The van der Waals surface area contributed by atoms with Gasteiger partial charge in [0, 0.05) is 28.9 Å². The monoisotopic (exact) mass is 473 g/mol. The van der Waals surface area contributed by atoms with E-state index >= 15 is 0 Å². The van der Waals surface area contributed by atoms with E-state index in [9.17, 15) is 8.42 Å². The molecule has 0 amide bonds. The van der Waals surface area contributed by atoms with Crippen LogP contribution in [0.3, 0.4) is 0 Å². The van der Waals surface area contributed by atoms with Gasteiger partial charge in [0.05, 0.1) is 16.1 Å². The van der Waals surface area contributed by atoms with Gasteiger partial charge in [-0.25, -0.2) is 12.4 Å².